The minimum Gasteiger partial charge on any atom is -0.478 e. The van der Waals surface area contributed by atoms with Gasteiger partial charge in [0.15, 0.2) is 0 Å². The highest BCUT2D eigenvalue weighted by molar-refractivity contribution is 5.96. The van der Waals surface area contributed by atoms with Gasteiger partial charge in [-0.15, -0.1) is 0 Å². The number of nitrogens with one attached hydrogen (secondary N) is 2. The third-order valence-electron chi connectivity index (χ3n) is 2.32. The molecule has 0 bridgehead atoms. The smallest absolute Gasteiger partial charge is 0.335 e. The molecule has 102 valence electrons. The zero-order chi connectivity index (χ0) is 14.3. The Morgan fingerprint density at radius 1 is 1.21 bits per heavy atom. The summed E-state index contributed by atoms with van der Waals surface area (Å²) in [4.78, 5) is 33.5. The van der Waals surface area contributed by atoms with Crippen molar-refractivity contribution < 1.29 is 19.5 Å². The third-order valence-corrected chi connectivity index (χ3v) is 2.32. The van der Waals surface area contributed by atoms with Gasteiger partial charge < -0.3 is 15.7 Å². The second kappa shape index (κ2) is 7.15. The quantitative estimate of drug-likeness (QED) is 0.720. The zero-order valence-electron chi connectivity index (χ0n) is 10.6. The number of anilines is 1. The Morgan fingerprint density at radius 2 is 1.95 bits per heavy atom. The molecule has 0 aliphatic rings. The minimum absolute atomic E-state index is 0.0906. The van der Waals surface area contributed by atoms with Crippen LogP contribution >= 0.6 is 0 Å². The lowest BCUT2D eigenvalue weighted by Crippen LogP contribution is -2.32. The summed E-state index contributed by atoms with van der Waals surface area (Å²) in [5.41, 5.74) is 0.474. The molecule has 19 heavy (non-hydrogen) atoms. The average molecular weight is 264 g/mol. The predicted octanol–water partition coefficient (Wildman–Crippen LogP) is 1.24. The molecule has 1 aromatic carbocycles. The van der Waals surface area contributed by atoms with Gasteiger partial charge in [0, 0.05) is 12.1 Å². The van der Waals surface area contributed by atoms with E-state index in [1.54, 1.807) is 6.07 Å². The van der Waals surface area contributed by atoms with Crippen LogP contribution in [0.4, 0.5) is 5.69 Å². The van der Waals surface area contributed by atoms with Crippen molar-refractivity contribution in [2.45, 2.75) is 19.8 Å². The standard InChI is InChI=1S/C13H16N2O4/c1-2-4-11(16)14-8-12(17)15-10-6-3-5-9(7-10)13(18)19/h3,5-7H,2,4,8H2,1H3,(H,14,16)(H,15,17)(H,18,19). The maximum absolute atomic E-state index is 11.5. The van der Waals surface area contributed by atoms with Gasteiger partial charge in [0.1, 0.15) is 0 Å². The van der Waals surface area contributed by atoms with Gasteiger partial charge in [-0.3, -0.25) is 9.59 Å². The highest BCUT2D eigenvalue weighted by Crippen LogP contribution is 2.10. The van der Waals surface area contributed by atoms with Gasteiger partial charge in [0.2, 0.25) is 11.8 Å². The van der Waals surface area contributed by atoms with E-state index in [0.29, 0.717) is 18.5 Å². The topological polar surface area (TPSA) is 95.5 Å². The van der Waals surface area contributed by atoms with Crippen molar-refractivity contribution >= 4 is 23.5 Å². The van der Waals surface area contributed by atoms with E-state index in [1.165, 1.54) is 18.2 Å². The fraction of sp³-hybridized carbons (Fsp3) is 0.308. The fourth-order valence-electron chi connectivity index (χ4n) is 1.43. The SMILES string of the molecule is CCCC(=O)NCC(=O)Nc1cccc(C(=O)O)c1. The molecule has 0 fully saturated rings. The first kappa shape index (κ1) is 14.7. The predicted molar refractivity (Wildman–Crippen MR) is 69.9 cm³/mol. The molecule has 1 aromatic rings. The molecule has 0 saturated carbocycles. The van der Waals surface area contributed by atoms with Crippen LogP contribution in [0, 0.1) is 0 Å². The van der Waals surface area contributed by atoms with Gasteiger partial charge >= 0.3 is 5.97 Å². The van der Waals surface area contributed by atoms with Crippen molar-refractivity contribution in [1.82, 2.24) is 5.32 Å². The van der Waals surface area contributed by atoms with Crippen LogP contribution in [0.2, 0.25) is 0 Å². The van der Waals surface area contributed by atoms with Gasteiger partial charge in [-0.25, -0.2) is 4.79 Å². The molecule has 0 radical (unpaired) electrons. The van der Waals surface area contributed by atoms with Gasteiger partial charge in [-0.2, -0.15) is 0 Å². The lowest BCUT2D eigenvalue weighted by atomic mass is 10.2. The Hall–Kier alpha value is -2.37. The molecule has 2 amide bonds. The molecule has 6 nitrogen and oxygen atoms in total. The molecule has 0 spiro atoms. The molecule has 0 unspecified atom stereocenters. The second-order valence-corrected chi connectivity index (χ2v) is 3.96. The molecule has 0 aromatic heterocycles. The number of rotatable bonds is 6. The molecular formula is C13H16N2O4. The van der Waals surface area contributed by atoms with Crippen molar-refractivity contribution in [3.63, 3.8) is 0 Å². The van der Waals surface area contributed by atoms with E-state index < -0.39 is 11.9 Å². The number of hydrogen-bond donors (Lipinski definition) is 3. The Morgan fingerprint density at radius 3 is 2.58 bits per heavy atom. The highest BCUT2D eigenvalue weighted by Gasteiger charge is 2.07. The van der Waals surface area contributed by atoms with Gasteiger partial charge in [0.05, 0.1) is 12.1 Å². The normalized spacial score (nSPS) is 9.74. The van der Waals surface area contributed by atoms with Crippen molar-refractivity contribution in [1.29, 1.82) is 0 Å². The van der Waals surface area contributed by atoms with Crippen LogP contribution in [-0.2, 0) is 9.59 Å². The summed E-state index contributed by atoms with van der Waals surface area (Å²) in [5, 5.41) is 13.8. The van der Waals surface area contributed by atoms with Crippen LogP contribution in [0.3, 0.4) is 0 Å². The summed E-state index contributed by atoms with van der Waals surface area (Å²) < 4.78 is 0. The molecule has 0 aliphatic carbocycles. The van der Waals surface area contributed by atoms with Crippen LogP contribution in [-0.4, -0.2) is 29.4 Å². The summed E-state index contributed by atoms with van der Waals surface area (Å²) in [6, 6.07) is 5.90. The monoisotopic (exact) mass is 264 g/mol. The molecule has 3 N–H and O–H groups in total. The van der Waals surface area contributed by atoms with E-state index >= 15 is 0 Å². The summed E-state index contributed by atoms with van der Waals surface area (Å²) in [7, 11) is 0. The van der Waals surface area contributed by atoms with E-state index in [4.69, 9.17) is 5.11 Å². The molecule has 0 heterocycles. The summed E-state index contributed by atoms with van der Waals surface area (Å²) >= 11 is 0. The first-order chi connectivity index (χ1) is 9.02. The number of aromatic carboxylic acids is 1. The van der Waals surface area contributed by atoms with Crippen molar-refractivity contribution in [3.8, 4) is 0 Å². The summed E-state index contributed by atoms with van der Waals surface area (Å²) in [6.45, 7) is 1.74. The van der Waals surface area contributed by atoms with Crippen LogP contribution in [0.1, 0.15) is 30.1 Å². The van der Waals surface area contributed by atoms with Crippen LogP contribution < -0.4 is 10.6 Å². The summed E-state index contributed by atoms with van der Waals surface area (Å²) in [5.74, 6) is -1.64. The van der Waals surface area contributed by atoms with E-state index in [0.717, 1.165) is 0 Å². The Labute approximate surface area is 110 Å². The number of carboxylic acid groups (broad SMARTS) is 1. The van der Waals surface area contributed by atoms with Gasteiger partial charge in [0.25, 0.3) is 0 Å². The first-order valence-electron chi connectivity index (χ1n) is 5.93. The third kappa shape index (κ3) is 5.20. The molecule has 0 saturated heterocycles. The minimum atomic E-state index is -1.06. The number of benzene rings is 1. The van der Waals surface area contributed by atoms with Crippen molar-refractivity contribution in [2.24, 2.45) is 0 Å². The Bertz CT molecular complexity index is 485. The average Bonchev–Trinajstić information content (AvgIpc) is 2.37. The first-order valence-corrected chi connectivity index (χ1v) is 5.93. The van der Waals surface area contributed by atoms with Crippen LogP contribution in [0.5, 0.6) is 0 Å². The maximum Gasteiger partial charge on any atom is 0.335 e. The van der Waals surface area contributed by atoms with Crippen molar-refractivity contribution in [3.05, 3.63) is 29.8 Å². The molecule has 6 heteroatoms. The van der Waals surface area contributed by atoms with Gasteiger partial charge in [-0.1, -0.05) is 13.0 Å². The molecule has 1 rings (SSSR count). The molecule has 0 aliphatic heterocycles. The van der Waals surface area contributed by atoms with Gasteiger partial charge in [-0.05, 0) is 24.6 Å². The van der Waals surface area contributed by atoms with E-state index in [1.807, 2.05) is 6.92 Å². The largest absolute Gasteiger partial charge is 0.478 e. The van der Waals surface area contributed by atoms with Crippen molar-refractivity contribution in [2.75, 3.05) is 11.9 Å². The lowest BCUT2D eigenvalue weighted by Gasteiger charge is -2.07. The number of amides is 2. The number of hydrogen-bond acceptors (Lipinski definition) is 3. The highest BCUT2D eigenvalue weighted by atomic mass is 16.4. The maximum atomic E-state index is 11.5. The fourth-order valence-corrected chi connectivity index (χ4v) is 1.43. The summed E-state index contributed by atoms with van der Waals surface area (Å²) in [6.07, 6.45) is 1.09. The molecular weight excluding hydrogens is 248 g/mol. The number of carboxylic acids is 1. The van der Waals surface area contributed by atoms with E-state index in [2.05, 4.69) is 10.6 Å². The van der Waals surface area contributed by atoms with Crippen LogP contribution in [0.15, 0.2) is 24.3 Å². The number of carbonyl (C=O) groups is 3. The molecule has 0 atom stereocenters. The zero-order valence-corrected chi connectivity index (χ0v) is 10.6. The second-order valence-electron chi connectivity index (χ2n) is 3.96. The van der Waals surface area contributed by atoms with E-state index in [-0.39, 0.29) is 18.0 Å². The number of carbonyl (C=O) groups excluding carboxylic acids is 2. The van der Waals surface area contributed by atoms with Crippen LogP contribution in [0.25, 0.3) is 0 Å². The Kier molecular flexibility index (Phi) is 5.53. The lowest BCUT2D eigenvalue weighted by molar-refractivity contribution is -0.124. The Balaban J connectivity index is 2.50. The van der Waals surface area contributed by atoms with E-state index in [9.17, 15) is 14.4 Å².